The Morgan fingerprint density at radius 1 is 0.308 bits per heavy atom. The molecule has 0 fully saturated rings. The van der Waals surface area contributed by atoms with Crippen LogP contribution in [0, 0.1) is 0 Å². The van der Waals surface area contributed by atoms with Gasteiger partial charge in [-0.15, -0.1) is 0 Å². The number of nitrogens with one attached hydrogen (secondary N) is 1. The Bertz CT molecular complexity index is 676. The highest BCUT2D eigenvalue weighted by Gasteiger charge is 1.98. The summed E-state index contributed by atoms with van der Waals surface area (Å²) in [6.45, 7) is 15.3. The molecule has 0 atom stereocenters. The molecule has 4 N–H and O–H groups in total. The largest absolute Gasteiger partial charge is 0.465 e. The van der Waals surface area contributed by atoms with Crippen LogP contribution in [-0.2, 0) is 71.1 Å². The van der Waals surface area contributed by atoms with Crippen LogP contribution in [0.3, 0.4) is 0 Å². The molecule has 0 radical (unpaired) electrons. The predicted octanol–water partition coefficient (Wildman–Crippen LogP) is -0.538. The molecule has 0 aliphatic heterocycles. The highest BCUT2D eigenvalue weighted by Crippen LogP contribution is 1.88. The van der Waals surface area contributed by atoms with E-state index in [9.17, 15) is 4.79 Å². The van der Waals surface area contributed by atoms with Crippen molar-refractivity contribution in [3.63, 3.8) is 0 Å². The maximum Gasteiger partial charge on any atom is 0.404 e. The van der Waals surface area contributed by atoms with Gasteiger partial charge >= 0.3 is 6.09 Å². The summed E-state index contributed by atoms with van der Waals surface area (Å²) in [4.78, 5) is 10.3. The molecule has 0 aromatic rings. The number of hydrogen-bond acceptors (Lipinski definition) is 17. The molecule has 0 saturated carbocycles. The summed E-state index contributed by atoms with van der Waals surface area (Å²) in [6, 6.07) is 0. The molecule has 0 aliphatic carbocycles. The van der Waals surface area contributed by atoms with E-state index in [2.05, 4.69) is 5.32 Å². The number of amides is 1. The Morgan fingerprint density at radius 2 is 0.462 bits per heavy atom. The Kier molecular flexibility index (Phi) is 46.4. The van der Waals surface area contributed by atoms with Gasteiger partial charge in [0.2, 0.25) is 0 Å². The second kappa shape index (κ2) is 47.7. The summed E-state index contributed by atoms with van der Waals surface area (Å²) < 4.78 is 81.2. The number of carbonyl (C=O) groups is 1. The molecule has 0 aliphatic rings. The molecular formula is C33H68N2O17. The first kappa shape index (κ1) is 50.6. The van der Waals surface area contributed by atoms with Gasteiger partial charge < -0.3 is 87.2 Å². The molecule has 0 unspecified atom stereocenters. The van der Waals surface area contributed by atoms with Gasteiger partial charge in [0, 0.05) is 13.1 Å². The van der Waals surface area contributed by atoms with Crippen LogP contribution in [0.15, 0.2) is 0 Å². The van der Waals surface area contributed by atoms with Crippen LogP contribution in [0.1, 0.15) is 0 Å². The lowest BCUT2D eigenvalue weighted by molar-refractivity contribution is -0.0299. The maximum absolute atomic E-state index is 10.3. The summed E-state index contributed by atoms with van der Waals surface area (Å²) in [5.74, 6) is 0. The fourth-order valence-electron chi connectivity index (χ4n) is 3.49. The van der Waals surface area contributed by atoms with E-state index in [0.717, 1.165) is 0 Å². The lowest BCUT2D eigenvalue weighted by Gasteiger charge is -2.09. The lowest BCUT2D eigenvalue weighted by atomic mass is 10.6. The molecule has 0 spiro atoms. The Morgan fingerprint density at radius 3 is 0.615 bits per heavy atom. The lowest BCUT2D eigenvalue weighted by Crippen LogP contribution is -2.25. The molecule has 0 aromatic heterocycles. The monoisotopic (exact) mass is 764 g/mol. The second-order valence-electron chi connectivity index (χ2n) is 10.2. The predicted molar refractivity (Wildman–Crippen MR) is 187 cm³/mol. The fourth-order valence-corrected chi connectivity index (χ4v) is 3.49. The van der Waals surface area contributed by atoms with Crippen molar-refractivity contribution < 1.29 is 81.0 Å². The van der Waals surface area contributed by atoms with E-state index in [0.29, 0.717) is 205 Å². The van der Waals surface area contributed by atoms with Crippen LogP contribution in [0.4, 0.5) is 4.79 Å². The van der Waals surface area contributed by atoms with Gasteiger partial charge in [-0.3, -0.25) is 0 Å². The molecular weight excluding hydrogens is 696 g/mol. The molecule has 0 heterocycles. The van der Waals surface area contributed by atoms with Gasteiger partial charge in [0.25, 0.3) is 0 Å². The molecule has 312 valence electrons. The highest BCUT2D eigenvalue weighted by atomic mass is 16.6. The summed E-state index contributed by atoms with van der Waals surface area (Å²) >= 11 is 0. The van der Waals surface area contributed by atoms with Crippen LogP contribution in [0.25, 0.3) is 0 Å². The summed E-state index contributed by atoms with van der Waals surface area (Å²) in [6.07, 6.45) is -1.06. The number of carboxylic acid groups (broad SMARTS) is 1. The molecule has 19 nitrogen and oxygen atoms in total. The number of hydrogen-bond donors (Lipinski definition) is 3. The minimum atomic E-state index is -1.06. The zero-order valence-corrected chi connectivity index (χ0v) is 31.2. The van der Waals surface area contributed by atoms with Crippen molar-refractivity contribution in [1.82, 2.24) is 5.32 Å². The van der Waals surface area contributed by atoms with E-state index < -0.39 is 6.09 Å². The minimum Gasteiger partial charge on any atom is -0.465 e. The standard InChI is InChI=1S/C33H68N2O17/c34-1-3-38-5-7-40-9-11-42-13-15-44-17-19-46-21-23-48-25-27-50-29-31-52-32-30-51-28-26-49-24-22-47-20-18-45-16-14-43-12-10-41-8-6-39-4-2-35-33(36)37/h35H,1-32,34H2,(H,36,37). The van der Waals surface area contributed by atoms with Crippen molar-refractivity contribution in [1.29, 1.82) is 0 Å². The van der Waals surface area contributed by atoms with Crippen molar-refractivity contribution in [3.8, 4) is 0 Å². The molecule has 52 heavy (non-hydrogen) atoms. The average Bonchev–Trinajstić information content (AvgIpc) is 3.14. The second-order valence-corrected chi connectivity index (χ2v) is 10.2. The first-order valence-electron chi connectivity index (χ1n) is 18.1. The van der Waals surface area contributed by atoms with Crippen LogP contribution in [0.5, 0.6) is 0 Å². The van der Waals surface area contributed by atoms with Crippen molar-refractivity contribution in [3.05, 3.63) is 0 Å². The summed E-state index contributed by atoms with van der Waals surface area (Å²) in [5.41, 5.74) is 5.33. The third-order valence-electron chi connectivity index (χ3n) is 5.99. The van der Waals surface area contributed by atoms with Gasteiger partial charge in [-0.05, 0) is 0 Å². The van der Waals surface area contributed by atoms with Gasteiger partial charge in [-0.25, -0.2) is 4.79 Å². The van der Waals surface area contributed by atoms with Gasteiger partial charge in [-0.2, -0.15) is 0 Å². The fraction of sp³-hybridized carbons (Fsp3) is 0.970. The minimum absolute atomic E-state index is 0.254. The van der Waals surface area contributed by atoms with Crippen molar-refractivity contribution in [2.24, 2.45) is 5.73 Å². The molecule has 0 bridgehead atoms. The SMILES string of the molecule is NCCOCCOCCOCCOCCOCCOCCOCCOCCOCCOCCOCCOCCOCCOCCOCCNC(=O)O. The molecule has 1 amide bonds. The van der Waals surface area contributed by atoms with E-state index in [4.69, 9.17) is 81.9 Å². The Hall–Kier alpha value is -1.37. The van der Waals surface area contributed by atoms with Crippen LogP contribution < -0.4 is 11.1 Å². The number of rotatable bonds is 47. The maximum atomic E-state index is 10.3. The Balaban J connectivity index is 3.05. The normalized spacial score (nSPS) is 11.5. The summed E-state index contributed by atoms with van der Waals surface area (Å²) in [5, 5.41) is 10.6. The third-order valence-corrected chi connectivity index (χ3v) is 5.99. The molecule has 0 aromatic carbocycles. The van der Waals surface area contributed by atoms with Crippen molar-refractivity contribution in [2.75, 3.05) is 211 Å². The highest BCUT2D eigenvalue weighted by molar-refractivity contribution is 5.64. The zero-order valence-electron chi connectivity index (χ0n) is 31.2. The van der Waals surface area contributed by atoms with Crippen LogP contribution in [0.2, 0.25) is 0 Å². The van der Waals surface area contributed by atoms with Crippen LogP contribution >= 0.6 is 0 Å². The van der Waals surface area contributed by atoms with Crippen molar-refractivity contribution >= 4 is 6.09 Å². The topological polar surface area (TPSA) is 214 Å². The smallest absolute Gasteiger partial charge is 0.404 e. The van der Waals surface area contributed by atoms with E-state index in [1.165, 1.54) is 0 Å². The first-order chi connectivity index (χ1) is 25.8. The molecule has 0 saturated heterocycles. The van der Waals surface area contributed by atoms with Gasteiger partial charge in [0.15, 0.2) is 0 Å². The Labute approximate surface area is 309 Å². The zero-order chi connectivity index (χ0) is 37.5. The molecule has 0 rings (SSSR count). The van der Waals surface area contributed by atoms with Gasteiger partial charge in [0.05, 0.1) is 198 Å². The van der Waals surface area contributed by atoms with E-state index >= 15 is 0 Å². The van der Waals surface area contributed by atoms with Crippen molar-refractivity contribution in [2.45, 2.75) is 0 Å². The number of nitrogens with two attached hydrogens (primary N) is 1. The summed E-state index contributed by atoms with van der Waals surface area (Å²) in [7, 11) is 0. The first-order valence-corrected chi connectivity index (χ1v) is 18.1. The van der Waals surface area contributed by atoms with Crippen LogP contribution in [-0.4, -0.2) is 222 Å². The number of ether oxygens (including phenoxy) is 15. The van der Waals surface area contributed by atoms with E-state index in [1.54, 1.807) is 0 Å². The van der Waals surface area contributed by atoms with E-state index in [-0.39, 0.29) is 6.54 Å². The van der Waals surface area contributed by atoms with Gasteiger partial charge in [0.1, 0.15) is 0 Å². The quantitative estimate of drug-likeness (QED) is 0.0664. The van der Waals surface area contributed by atoms with E-state index in [1.807, 2.05) is 0 Å². The average molecular weight is 765 g/mol. The molecule has 19 heteroatoms. The van der Waals surface area contributed by atoms with Gasteiger partial charge in [-0.1, -0.05) is 0 Å². The third kappa shape index (κ3) is 48.6.